The maximum absolute atomic E-state index is 12.9. The Kier molecular flexibility index (Phi) is 4.03. The van der Waals surface area contributed by atoms with Gasteiger partial charge in [-0.2, -0.15) is 5.10 Å². The van der Waals surface area contributed by atoms with Gasteiger partial charge in [0, 0.05) is 30.6 Å². The Morgan fingerprint density at radius 2 is 2.04 bits per heavy atom. The van der Waals surface area contributed by atoms with E-state index in [0.29, 0.717) is 12.5 Å². The zero-order valence-electron chi connectivity index (χ0n) is 14.0. The molecule has 2 amide bonds. The summed E-state index contributed by atoms with van der Waals surface area (Å²) in [5, 5.41) is 6.86. The summed E-state index contributed by atoms with van der Waals surface area (Å²) in [5.41, 5.74) is 7.67. The van der Waals surface area contributed by atoms with Gasteiger partial charge in [0.1, 0.15) is 5.69 Å². The highest BCUT2D eigenvalue weighted by atomic mass is 16.2. The number of hydrogen-bond donors (Lipinski definition) is 2. The van der Waals surface area contributed by atoms with E-state index in [0.717, 1.165) is 31.5 Å². The van der Waals surface area contributed by atoms with E-state index in [1.54, 1.807) is 6.07 Å². The van der Waals surface area contributed by atoms with Crippen LogP contribution in [0, 0.1) is 5.92 Å². The van der Waals surface area contributed by atoms with Gasteiger partial charge in [-0.05, 0) is 36.8 Å². The smallest absolute Gasteiger partial charge is 0.269 e. The number of rotatable bonds is 4. The lowest BCUT2D eigenvalue weighted by molar-refractivity contribution is -0.133. The van der Waals surface area contributed by atoms with Crippen LogP contribution in [0.4, 0.5) is 0 Å². The quantitative estimate of drug-likeness (QED) is 0.893. The lowest BCUT2D eigenvalue weighted by Crippen LogP contribution is -2.40. The Morgan fingerprint density at radius 1 is 1.24 bits per heavy atom. The Bertz CT molecular complexity index is 786. The monoisotopic (exact) mass is 338 g/mol. The van der Waals surface area contributed by atoms with Crippen LogP contribution in [-0.2, 0) is 4.79 Å². The lowest BCUT2D eigenvalue weighted by atomic mass is 9.94. The van der Waals surface area contributed by atoms with Gasteiger partial charge in [0.2, 0.25) is 5.91 Å². The summed E-state index contributed by atoms with van der Waals surface area (Å²) in [4.78, 5) is 26.1. The van der Waals surface area contributed by atoms with Crippen LogP contribution in [-0.4, -0.2) is 40.0 Å². The number of primary amides is 1. The van der Waals surface area contributed by atoms with Crippen LogP contribution in [0.5, 0.6) is 0 Å². The third-order valence-corrected chi connectivity index (χ3v) is 5.36. The Hall–Kier alpha value is -2.63. The van der Waals surface area contributed by atoms with Crippen molar-refractivity contribution >= 4 is 11.8 Å². The minimum Gasteiger partial charge on any atom is -0.364 e. The Balaban J connectivity index is 1.41. The summed E-state index contributed by atoms with van der Waals surface area (Å²) in [6.07, 6.45) is 2.89. The van der Waals surface area contributed by atoms with Crippen molar-refractivity contribution in [2.75, 3.05) is 13.1 Å². The molecule has 6 heteroatoms. The van der Waals surface area contributed by atoms with Crippen LogP contribution in [0.15, 0.2) is 36.4 Å². The van der Waals surface area contributed by atoms with Crippen molar-refractivity contribution < 1.29 is 9.59 Å². The van der Waals surface area contributed by atoms with Gasteiger partial charge in [0.25, 0.3) is 5.91 Å². The molecule has 2 aliphatic rings. The average Bonchev–Trinajstić information content (AvgIpc) is 3.29. The third-order valence-electron chi connectivity index (χ3n) is 5.36. The van der Waals surface area contributed by atoms with Gasteiger partial charge in [-0.25, -0.2) is 0 Å². The molecular formula is C19H22N4O2. The molecule has 1 aliphatic heterocycles. The van der Waals surface area contributed by atoms with E-state index in [9.17, 15) is 9.59 Å². The summed E-state index contributed by atoms with van der Waals surface area (Å²) in [7, 11) is 0. The number of nitrogens with zero attached hydrogens (tertiary/aromatic N) is 2. The number of amides is 2. The summed E-state index contributed by atoms with van der Waals surface area (Å²) < 4.78 is 0. The molecule has 0 unspecified atom stereocenters. The topological polar surface area (TPSA) is 92.1 Å². The van der Waals surface area contributed by atoms with Crippen molar-refractivity contribution in [2.45, 2.75) is 31.1 Å². The molecule has 3 N–H and O–H groups in total. The van der Waals surface area contributed by atoms with Crippen molar-refractivity contribution in [1.82, 2.24) is 15.1 Å². The van der Waals surface area contributed by atoms with Gasteiger partial charge in [0.15, 0.2) is 0 Å². The van der Waals surface area contributed by atoms with Crippen LogP contribution in [0.1, 0.15) is 52.8 Å². The molecule has 1 saturated carbocycles. The number of nitrogens with one attached hydrogen (secondary N) is 1. The lowest BCUT2D eigenvalue weighted by Gasteiger charge is -2.32. The first kappa shape index (κ1) is 15.9. The van der Waals surface area contributed by atoms with E-state index in [1.807, 2.05) is 23.1 Å². The number of H-pyrrole nitrogens is 1. The highest BCUT2D eigenvalue weighted by Crippen LogP contribution is 2.48. The summed E-state index contributed by atoms with van der Waals surface area (Å²) in [5.74, 6) is 0.391. The summed E-state index contributed by atoms with van der Waals surface area (Å²) in [6.45, 7) is 1.49. The number of carbonyl (C=O) groups excluding carboxylic acids is 2. The highest BCUT2D eigenvalue weighted by Gasteiger charge is 2.46. The zero-order valence-corrected chi connectivity index (χ0v) is 14.0. The maximum Gasteiger partial charge on any atom is 0.269 e. The first-order valence-corrected chi connectivity index (χ1v) is 8.82. The van der Waals surface area contributed by atoms with Gasteiger partial charge in [0.05, 0.1) is 0 Å². The van der Waals surface area contributed by atoms with Crippen LogP contribution in [0.3, 0.4) is 0 Å². The summed E-state index contributed by atoms with van der Waals surface area (Å²) in [6, 6.07) is 12.0. The molecule has 1 saturated heterocycles. The molecule has 1 aromatic carbocycles. The fraction of sp³-hybridized carbons (Fsp3) is 0.421. The van der Waals surface area contributed by atoms with Crippen molar-refractivity contribution in [1.29, 1.82) is 0 Å². The Morgan fingerprint density at radius 3 is 2.76 bits per heavy atom. The second-order valence-electron chi connectivity index (χ2n) is 7.06. The van der Waals surface area contributed by atoms with Crippen molar-refractivity contribution in [3.63, 3.8) is 0 Å². The number of hydrogen-bond acceptors (Lipinski definition) is 3. The minimum absolute atomic E-state index is 0.115. The van der Waals surface area contributed by atoms with Gasteiger partial charge in [-0.1, -0.05) is 30.3 Å². The van der Waals surface area contributed by atoms with Gasteiger partial charge < -0.3 is 10.6 Å². The molecule has 4 rings (SSSR count). The molecule has 0 spiro atoms. The Labute approximate surface area is 146 Å². The molecule has 25 heavy (non-hydrogen) atoms. The molecular weight excluding hydrogens is 316 g/mol. The fourth-order valence-corrected chi connectivity index (χ4v) is 3.87. The number of aromatic amines is 1. The first-order chi connectivity index (χ1) is 12.1. The van der Waals surface area contributed by atoms with E-state index in [4.69, 9.17) is 5.73 Å². The largest absolute Gasteiger partial charge is 0.364 e. The van der Waals surface area contributed by atoms with Crippen LogP contribution < -0.4 is 5.73 Å². The van der Waals surface area contributed by atoms with Gasteiger partial charge in [-0.3, -0.25) is 14.7 Å². The fourth-order valence-electron chi connectivity index (χ4n) is 3.87. The predicted octanol–water partition coefficient (Wildman–Crippen LogP) is 2.02. The van der Waals surface area contributed by atoms with Crippen LogP contribution >= 0.6 is 0 Å². The molecule has 1 aromatic heterocycles. The minimum atomic E-state index is -0.532. The van der Waals surface area contributed by atoms with E-state index >= 15 is 0 Å². The SMILES string of the molecule is NC(=O)c1cc([C@@H]2CCCN(C(=O)[C@@H]3C[C@@H]3c3ccccc3)C2)[nH]n1. The third kappa shape index (κ3) is 3.16. The second-order valence-corrected chi connectivity index (χ2v) is 7.06. The van der Waals surface area contributed by atoms with Crippen LogP contribution in [0.2, 0.25) is 0 Å². The number of piperidine rings is 1. The van der Waals surface area contributed by atoms with Crippen LogP contribution in [0.25, 0.3) is 0 Å². The number of aromatic nitrogens is 2. The molecule has 2 heterocycles. The van der Waals surface area contributed by atoms with Crippen molar-refractivity contribution in [2.24, 2.45) is 11.7 Å². The van der Waals surface area contributed by atoms with E-state index in [1.165, 1.54) is 5.56 Å². The number of carbonyl (C=O) groups is 2. The standard InChI is InChI=1S/C19H22N4O2/c20-18(24)17-10-16(21-22-17)13-7-4-8-23(11-13)19(25)15-9-14(15)12-5-2-1-3-6-12/h1-3,5-6,10,13-15H,4,7-9,11H2,(H2,20,24)(H,21,22)/t13-,14-,15-/m1/s1. The van der Waals surface area contributed by atoms with Crippen molar-refractivity contribution in [3.8, 4) is 0 Å². The maximum atomic E-state index is 12.9. The molecule has 1 aliphatic carbocycles. The molecule has 0 radical (unpaired) electrons. The normalized spacial score (nSPS) is 25.6. The molecule has 130 valence electrons. The molecule has 3 atom stereocenters. The summed E-state index contributed by atoms with van der Waals surface area (Å²) >= 11 is 0. The van der Waals surface area contributed by atoms with Gasteiger partial charge in [-0.15, -0.1) is 0 Å². The van der Waals surface area contributed by atoms with Gasteiger partial charge >= 0.3 is 0 Å². The zero-order chi connectivity index (χ0) is 17.4. The van der Waals surface area contributed by atoms with E-state index in [-0.39, 0.29) is 23.4 Å². The number of benzene rings is 1. The number of nitrogens with two attached hydrogens (primary N) is 1. The molecule has 2 aromatic rings. The molecule has 6 nitrogen and oxygen atoms in total. The van der Waals surface area contributed by atoms with E-state index in [2.05, 4.69) is 22.3 Å². The highest BCUT2D eigenvalue weighted by molar-refractivity contribution is 5.90. The second kappa shape index (κ2) is 6.35. The molecule has 2 fully saturated rings. The number of likely N-dealkylation sites (tertiary alicyclic amines) is 1. The van der Waals surface area contributed by atoms with E-state index < -0.39 is 5.91 Å². The predicted molar refractivity (Wildman–Crippen MR) is 93.0 cm³/mol. The van der Waals surface area contributed by atoms with Crippen molar-refractivity contribution in [3.05, 3.63) is 53.3 Å². The first-order valence-electron chi connectivity index (χ1n) is 8.82. The molecule has 0 bridgehead atoms. The average molecular weight is 338 g/mol.